The normalized spacial score (nSPS) is 17.2. The van der Waals surface area contributed by atoms with Gasteiger partial charge in [0.05, 0.1) is 0 Å². The van der Waals surface area contributed by atoms with Crippen molar-refractivity contribution in [3.63, 3.8) is 0 Å². The van der Waals surface area contributed by atoms with Crippen LogP contribution in [0.15, 0.2) is 24.3 Å². The van der Waals surface area contributed by atoms with Gasteiger partial charge in [0.15, 0.2) is 0 Å². The number of amides is 1. The van der Waals surface area contributed by atoms with Crippen LogP contribution in [0.4, 0.5) is 25.2 Å². The topological polar surface area (TPSA) is 403 Å². The number of fused-ring (bicyclic) bond motifs is 1. The smallest absolute Gasteiger partial charge is 0.299 e. The van der Waals surface area contributed by atoms with E-state index in [1.54, 1.807) is 0 Å². The molecule has 1 amide bonds. The zero-order valence-electron chi connectivity index (χ0n) is 27.9. The summed E-state index contributed by atoms with van der Waals surface area (Å²) in [6.07, 6.45) is 6.45. The van der Waals surface area contributed by atoms with E-state index in [4.69, 9.17) is 86.1 Å². The predicted octanol–water partition coefficient (Wildman–Crippen LogP) is 2.79. The summed E-state index contributed by atoms with van der Waals surface area (Å²) in [5.41, 5.74) is 1.99. The van der Waals surface area contributed by atoms with E-state index in [1.807, 2.05) is 12.1 Å². The van der Waals surface area contributed by atoms with E-state index in [2.05, 4.69) is 40.9 Å². The van der Waals surface area contributed by atoms with Gasteiger partial charge in [-0.1, -0.05) is 0 Å². The van der Waals surface area contributed by atoms with Gasteiger partial charge in [-0.05, 0) is 0 Å². The summed E-state index contributed by atoms with van der Waals surface area (Å²) < 4.78 is 124. The Hall–Kier alpha value is -1.08. The SMILES string of the molecule is O=C1CCCN1[PH](N1CCCC1)(N1CCCC1)n1nnc2ccccc21.O=P(O)(O)F.O=P(O)(O)F.O=P(O)(O)F.O=P(O)(O)F.O=P(O)(O)F.O=P(O)(O)F. The fourth-order valence-electron chi connectivity index (χ4n) is 5.01. The van der Waals surface area contributed by atoms with Crippen LogP contribution in [0.1, 0.15) is 38.5 Å². The molecule has 3 fully saturated rings. The third-order valence-corrected chi connectivity index (χ3v) is 10.8. The second kappa shape index (κ2) is 24.2. The van der Waals surface area contributed by atoms with Crippen LogP contribution < -0.4 is 0 Å². The third-order valence-electron chi connectivity index (χ3n) is 6.13. The Morgan fingerprint density at radius 1 is 0.518 bits per heavy atom. The van der Waals surface area contributed by atoms with Crippen LogP contribution in [0.2, 0.25) is 0 Å². The Balaban J connectivity index is 0. The number of carbonyl (C=O) groups is 1. The number of hydrogen-bond acceptors (Lipinski definition) is 11. The molecule has 38 heteroatoms. The Kier molecular flexibility index (Phi) is 24.7. The van der Waals surface area contributed by atoms with E-state index in [-0.39, 0.29) is 0 Å². The van der Waals surface area contributed by atoms with Crippen molar-refractivity contribution in [2.75, 3.05) is 32.7 Å². The van der Waals surface area contributed by atoms with E-state index < -0.39 is 55.3 Å². The van der Waals surface area contributed by atoms with Gasteiger partial charge in [-0.25, -0.2) is 27.4 Å². The number of rotatable bonds is 4. The molecule has 3 aliphatic heterocycles. The van der Waals surface area contributed by atoms with Crippen molar-refractivity contribution in [2.24, 2.45) is 0 Å². The summed E-state index contributed by atoms with van der Waals surface area (Å²) in [6, 6.07) is 8.21. The molecular weight excluding hydrogens is 935 g/mol. The van der Waals surface area contributed by atoms with Crippen LogP contribution in [-0.2, 0) is 32.2 Å². The van der Waals surface area contributed by atoms with Crippen molar-refractivity contribution in [3.05, 3.63) is 24.3 Å². The molecule has 3 aliphatic rings. The van der Waals surface area contributed by atoms with Crippen LogP contribution >= 0.6 is 55.3 Å². The second-order valence-electron chi connectivity index (χ2n) is 10.5. The van der Waals surface area contributed by atoms with Crippen molar-refractivity contribution >= 4 is 72.2 Å². The Morgan fingerprint density at radius 3 is 1.11 bits per heavy atom. The minimum absolute atomic E-state index is 0.301. The van der Waals surface area contributed by atoms with E-state index in [0.29, 0.717) is 12.3 Å². The quantitative estimate of drug-likeness (QED) is 0.155. The molecule has 25 nitrogen and oxygen atoms in total. The Bertz CT molecular complexity index is 1570. The van der Waals surface area contributed by atoms with Crippen molar-refractivity contribution < 1.29 is 116 Å². The fraction of sp³-hybridized carbons (Fsp3) is 0.611. The molecular formula is C18H39F6N6O19P7. The molecule has 0 saturated carbocycles. The zero-order valence-corrected chi connectivity index (χ0v) is 34.3. The molecule has 0 spiro atoms. The van der Waals surface area contributed by atoms with Crippen molar-refractivity contribution in [3.8, 4) is 0 Å². The number of nitrogens with zero attached hydrogens (tertiary/aromatic N) is 6. The van der Waals surface area contributed by atoms with Gasteiger partial charge in [-0.15, -0.1) is 25.2 Å². The summed E-state index contributed by atoms with van der Waals surface area (Å²) >= 11 is 0. The van der Waals surface area contributed by atoms with Gasteiger partial charge < -0.3 is 0 Å². The van der Waals surface area contributed by atoms with Gasteiger partial charge in [0, 0.05) is 0 Å². The molecule has 2 aromatic rings. The first kappa shape index (κ1) is 57.0. The van der Waals surface area contributed by atoms with Crippen LogP contribution in [-0.4, -0.2) is 126 Å². The van der Waals surface area contributed by atoms with Crippen LogP contribution in [0, 0.1) is 0 Å². The standard InChI is InChI=1S/C18H27N6OP.6FH2O3P/c25-18-10-7-15-23(18)26(21-11-3-4-12-21,22-13-5-6-14-22)24-17-9-2-1-8-16(17)19-20-24;6*1-5(2,3)4/h1-2,8-9,26H,3-7,10-15H2;6*(H2,2,3,4). The third kappa shape index (κ3) is 31.9. The Morgan fingerprint density at radius 2 is 0.821 bits per heavy atom. The molecule has 1 aromatic heterocycles. The molecule has 5 rings (SSSR count). The molecule has 0 bridgehead atoms. The average molecular weight is 974 g/mol. The largest absolute Gasteiger partial charge is 0.507 e. The summed E-state index contributed by atoms with van der Waals surface area (Å²) in [6.45, 7) is 5.08. The molecule has 56 heavy (non-hydrogen) atoms. The summed E-state index contributed by atoms with van der Waals surface area (Å²) in [4.78, 5) is 96.6. The van der Waals surface area contributed by atoms with Gasteiger partial charge in [0.25, 0.3) is 0 Å². The molecule has 4 heterocycles. The fourth-order valence-corrected chi connectivity index (χ4v) is 10.3. The van der Waals surface area contributed by atoms with E-state index in [9.17, 15) is 30.0 Å². The average Bonchev–Trinajstić information content (AvgIpc) is 3.74. The van der Waals surface area contributed by atoms with E-state index in [1.165, 1.54) is 25.7 Å². The molecule has 12 N–H and O–H groups in total. The summed E-state index contributed by atoms with van der Waals surface area (Å²) in [7, 11) is -33.5. The van der Waals surface area contributed by atoms with Crippen molar-refractivity contribution in [2.45, 2.75) is 38.5 Å². The minimum Gasteiger partial charge on any atom is -0.299 e. The van der Waals surface area contributed by atoms with Crippen molar-refractivity contribution in [1.82, 2.24) is 28.8 Å². The molecule has 1 aromatic carbocycles. The predicted molar refractivity (Wildman–Crippen MR) is 183 cm³/mol. The van der Waals surface area contributed by atoms with Gasteiger partial charge in [-0.3, -0.25) is 58.7 Å². The Labute approximate surface area is 312 Å². The zero-order chi connectivity index (χ0) is 44.6. The van der Waals surface area contributed by atoms with Crippen LogP contribution in [0.25, 0.3) is 11.0 Å². The minimum atomic E-state index is -5.14. The van der Waals surface area contributed by atoms with Gasteiger partial charge >= 0.3 is 201 Å². The summed E-state index contributed by atoms with van der Waals surface area (Å²) in [5.74, 6) is 0.301. The number of benzene rings is 1. The molecule has 0 atom stereocenters. The molecule has 332 valence electrons. The van der Waals surface area contributed by atoms with Gasteiger partial charge in [0.1, 0.15) is 0 Å². The summed E-state index contributed by atoms with van der Waals surface area (Å²) in [5, 5.41) is 9.17. The number of para-hydroxylation sites is 1. The first-order chi connectivity index (χ1) is 24.8. The van der Waals surface area contributed by atoms with Gasteiger partial charge in [-0.2, -0.15) is 0 Å². The van der Waals surface area contributed by atoms with Crippen LogP contribution in [0.3, 0.4) is 0 Å². The maximum atomic E-state index is 13.0. The van der Waals surface area contributed by atoms with Gasteiger partial charge in [0.2, 0.25) is 0 Å². The maximum absolute atomic E-state index is 13.0. The monoisotopic (exact) mass is 974 g/mol. The number of halogens is 6. The first-order valence-corrected chi connectivity index (χ1v) is 25.2. The van der Waals surface area contributed by atoms with Crippen LogP contribution in [0.5, 0.6) is 0 Å². The molecule has 0 unspecified atom stereocenters. The number of aromatic nitrogens is 3. The molecule has 0 aliphatic carbocycles. The second-order valence-corrected chi connectivity index (χ2v) is 19.6. The number of carbonyl (C=O) groups excluding carboxylic acids is 1. The van der Waals surface area contributed by atoms with E-state index >= 15 is 0 Å². The van der Waals surface area contributed by atoms with Crippen molar-refractivity contribution in [1.29, 1.82) is 0 Å². The molecule has 0 radical (unpaired) electrons. The molecule has 3 saturated heterocycles. The number of hydrogen-bond donors (Lipinski definition) is 12. The first-order valence-electron chi connectivity index (χ1n) is 14.4. The maximum Gasteiger partial charge on any atom is 0.507 e. The van der Waals surface area contributed by atoms with E-state index in [0.717, 1.165) is 50.2 Å².